The summed E-state index contributed by atoms with van der Waals surface area (Å²) in [5.41, 5.74) is 6.17. The first-order chi connectivity index (χ1) is 14.1. The van der Waals surface area contributed by atoms with Crippen LogP contribution in [-0.4, -0.2) is 33.8 Å². The molecule has 29 heavy (non-hydrogen) atoms. The van der Waals surface area contributed by atoms with Crippen LogP contribution in [-0.2, 0) is 0 Å². The van der Waals surface area contributed by atoms with Crippen molar-refractivity contribution in [1.82, 2.24) is 0 Å². The average molecular weight is 576 g/mol. The first kappa shape index (κ1) is 20.8. The Balaban J connectivity index is 0.000000204. The third kappa shape index (κ3) is 6.02. The number of benzene rings is 4. The van der Waals surface area contributed by atoms with Gasteiger partial charge in [0.2, 0.25) is 0 Å². The molecule has 0 aliphatic rings. The van der Waals surface area contributed by atoms with E-state index in [1.807, 2.05) is 0 Å². The van der Waals surface area contributed by atoms with Crippen molar-refractivity contribution in [3.63, 3.8) is 0 Å². The van der Waals surface area contributed by atoms with Gasteiger partial charge in [0.1, 0.15) is 0 Å². The molecule has 1 radical (unpaired) electrons. The number of aromatic carboxylic acids is 1. The van der Waals surface area contributed by atoms with Crippen LogP contribution >= 0.6 is 0 Å². The maximum atomic E-state index is 10.3. The number of nitrogens with two attached hydrogens (primary N) is 1. The fourth-order valence-electron chi connectivity index (χ4n) is 2.94. The third-order valence-corrected chi connectivity index (χ3v) is 15.0. The molecule has 0 saturated heterocycles. The third-order valence-electron chi connectivity index (χ3n) is 4.35. The molecular formula is C25H22NO2Pb. The Labute approximate surface area is 179 Å². The molecule has 143 valence electrons. The number of hydrogen-bond acceptors (Lipinski definition) is 2. The molecule has 0 aromatic heterocycles. The number of carboxylic acids is 1. The molecular weight excluding hydrogens is 553 g/mol. The predicted molar refractivity (Wildman–Crippen MR) is 122 cm³/mol. The quantitative estimate of drug-likeness (QED) is 0.290. The second-order valence-corrected chi connectivity index (χ2v) is 16.0. The molecule has 0 unspecified atom stereocenters. The molecule has 0 amide bonds. The van der Waals surface area contributed by atoms with Crippen LogP contribution < -0.4 is 15.1 Å². The monoisotopic (exact) mass is 576 g/mol. The summed E-state index contributed by atoms with van der Waals surface area (Å²) < 4.78 is 4.64. The molecule has 0 heterocycles. The molecule has 4 rings (SSSR count). The summed E-state index contributed by atoms with van der Waals surface area (Å²) >= 11 is -2.17. The standard InChI is InChI=1S/C7H7NO2.3C6H5.Pb/c8-6-3-1-5(2-4-6)7(9)10;3*1-2-4-6-5-3-1;/h1-4H,8H2,(H,9,10);3*1-5H;. The Morgan fingerprint density at radius 2 is 0.931 bits per heavy atom. The van der Waals surface area contributed by atoms with Gasteiger partial charge < -0.3 is 10.8 Å². The number of nitrogen functional groups attached to an aromatic ring is 1. The van der Waals surface area contributed by atoms with Crippen molar-refractivity contribution >= 4 is 43.7 Å². The Kier molecular flexibility index (Phi) is 7.58. The van der Waals surface area contributed by atoms with Crippen LogP contribution in [0.5, 0.6) is 0 Å². The van der Waals surface area contributed by atoms with Gasteiger partial charge in [-0.3, -0.25) is 0 Å². The summed E-state index contributed by atoms with van der Waals surface area (Å²) in [6, 6.07) is 39.1. The molecule has 3 N–H and O–H groups in total. The summed E-state index contributed by atoms with van der Waals surface area (Å²) in [6.45, 7) is 0. The van der Waals surface area contributed by atoms with Gasteiger partial charge in [0, 0.05) is 5.69 Å². The van der Waals surface area contributed by atoms with Crippen molar-refractivity contribution in [3.05, 3.63) is 121 Å². The summed E-state index contributed by atoms with van der Waals surface area (Å²) in [5, 5.41) is 8.43. The SMILES string of the molecule is Nc1ccc(C(=O)O)cc1.c1cc[c]([Pb]([c]2ccccc2)[c]2ccccc2)cc1. The van der Waals surface area contributed by atoms with E-state index in [0.717, 1.165) is 0 Å². The van der Waals surface area contributed by atoms with Gasteiger partial charge in [0.05, 0.1) is 5.56 Å². The van der Waals surface area contributed by atoms with Crippen molar-refractivity contribution in [1.29, 1.82) is 0 Å². The summed E-state index contributed by atoms with van der Waals surface area (Å²) in [6.07, 6.45) is 0. The zero-order valence-electron chi connectivity index (χ0n) is 15.9. The van der Waals surface area contributed by atoms with Crippen LogP contribution in [0.2, 0.25) is 0 Å². The molecule has 0 bridgehead atoms. The number of carbonyl (C=O) groups is 1. The molecule has 0 fully saturated rings. The van der Waals surface area contributed by atoms with E-state index in [4.69, 9.17) is 10.8 Å². The van der Waals surface area contributed by atoms with Gasteiger partial charge in [-0.25, -0.2) is 4.79 Å². The summed E-state index contributed by atoms with van der Waals surface area (Å²) in [5.74, 6) is -0.931. The Morgan fingerprint density at radius 1 is 0.586 bits per heavy atom. The fraction of sp³-hybridized carbons (Fsp3) is 0. The van der Waals surface area contributed by atoms with E-state index in [9.17, 15) is 4.79 Å². The minimum absolute atomic E-state index is 0.259. The van der Waals surface area contributed by atoms with Gasteiger partial charge in [0.25, 0.3) is 0 Å². The summed E-state index contributed by atoms with van der Waals surface area (Å²) in [7, 11) is 0. The van der Waals surface area contributed by atoms with E-state index in [1.165, 1.54) is 12.1 Å². The number of hydrogen-bond donors (Lipinski definition) is 2. The number of carboxylic acid groups (broad SMARTS) is 1. The van der Waals surface area contributed by atoms with Gasteiger partial charge in [-0.2, -0.15) is 0 Å². The van der Waals surface area contributed by atoms with E-state index in [-0.39, 0.29) is 5.56 Å². The fourth-order valence-corrected chi connectivity index (χ4v) is 13.0. The molecule has 0 atom stereocenters. The average Bonchev–Trinajstić information content (AvgIpc) is 2.77. The van der Waals surface area contributed by atoms with Gasteiger partial charge in [-0.15, -0.1) is 0 Å². The molecule has 0 saturated carbocycles. The molecule has 0 spiro atoms. The molecule has 0 aliphatic heterocycles. The zero-order valence-corrected chi connectivity index (χ0v) is 19.8. The second-order valence-electron chi connectivity index (χ2n) is 6.40. The first-order valence-electron chi connectivity index (χ1n) is 9.27. The van der Waals surface area contributed by atoms with Crippen molar-refractivity contribution in [2.75, 3.05) is 5.73 Å². The molecule has 3 nitrogen and oxygen atoms in total. The molecule has 0 aliphatic carbocycles. The number of anilines is 1. The van der Waals surface area contributed by atoms with Crippen LogP contribution in [0.15, 0.2) is 115 Å². The minimum atomic E-state index is -2.17. The first-order valence-corrected chi connectivity index (χ1v) is 15.1. The summed E-state index contributed by atoms with van der Waals surface area (Å²) in [4.78, 5) is 10.3. The van der Waals surface area contributed by atoms with E-state index < -0.39 is 28.7 Å². The van der Waals surface area contributed by atoms with Gasteiger partial charge in [0.15, 0.2) is 0 Å². The maximum absolute atomic E-state index is 10.3. The normalized spacial score (nSPS) is 10.1. The van der Waals surface area contributed by atoms with Crippen LogP contribution in [0.1, 0.15) is 10.4 Å². The van der Waals surface area contributed by atoms with Crippen LogP contribution in [0.25, 0.3) is 0 Å². The topological polar surface area (TPSA) is 63.3 Å². The molecule has 4 aromatic rings. The van der Waals surface area contributed by atoms with Crippen molar-refractivity contribution < 1.29 is 9.90 Å². The van der Waals surface area contributed by atoms with Crippen LogP contribution in [0.3, 0.4) is 0 Å². The van der Waals surface area contributed by atoms with Crippen LogP contribution in [0, 0.1) is 0 Å². The molecule has 4 heteroatoms. The van der Waals surface area contributed by atoms with E-state index in [0.29, 0.717) is 5.69 Å². The van der Waals surface area contributed by atoms with Crippen LogP contribution in [0.4, 0.5) is 5.69 Å². The predicted octanol–water partition coefficient (Wildman–Crippen LogP) is 3.17. The van der Waals surface area contributed by atoms with E-state index in [2.05, 4.69) is 91.0 Å². The van der Waals surface area contributed by atoms with Crippen molar-refractivity contribution in [2.24, 2.45) is 0 Å². The van der Waals surface area contributed by atoms with Gasteiger partial charge in [-0.1, -0.05) is 0 Å². The van der Waals surface area contributed by atoms with Gasteiger partial charge >= 0.3 is 129 Å². The van der Waals surface area contributed by atoms with Gasteiger partial charge in [-0.05, 0) is 24.3 Å². The second kappa shape index (κ2) is 10.6. The van der Waals surface area contributed by atoms with Crippen molar-refractivity contribution in [3.8, 4) is 0 Å². The zero-order chi connectivity index (χ0) is 20.5. The van der Waals surface area contributed by atoms with E-state index in [1.54, 1.807) is 21.5 Å². The Morgan fingerprint density at radius 3 is 1.24 bits per heavy atom. The Hall–Kier alpha value is -2.93. The van der Waals surface area contributed by atoms with E-state index >= 15 is 0 Å². The number of rotatable bonds is 4. The Bertz CT molecular complexity index is 927. The van der Waals surface area contributed by atoms with Crippen molar-refractivity contribution in [2.45, 2.75) is 0 Å². The molecule has 4 aromatic carbocycles.